The number of aryl methyl sites for hydroxylation is 1. The summed E-state index contributed by atoms with van der Waals surface area (Å²) in [5.41, 5.74) is 0.0161. The van der Waals surface area contributed by atoms with E-state index in [2.05, 4.69) is 20.2 Å². The fourth-order valence-electron chi connectivity index (χ4n) is 4.15. The summed E-state index contributed by atoms with van der Waals surface area (Å²) >= 11 is 5.79. The van der Waals surface area contributed by atoms with Crippen molar-refractivity contribution in [3.8, 4) is 5.88 Å². The van der Waals surface area contributed by atoms with Crippen LogP contribution in [0.5, 0.6) is 5.88 Å². The van der Waals surface area contributed by atoms with Crippen molar-refractivity contribution in [1.82, 2.24) is 29.5 Å². The minimum atomic E-state index is -4.66. The second-order valence-electron chi connectivity index (χ2n) is 8.28. The second-order valence-corrected chi connectivity index (χ2v) is 8.62. The first-order chi connectivity index (χ1) is 16.7. The van der Waals surface area contributed by atoms with Crippen LogP contribution in [0.25, 0.3) is 11.0 Å². The molecule has 190 valence electrons. The molecule has 3 aromatic heterocycles. The summed E-state index contributed by atoms with van der Waals surface area (Å²) in [6, 6.07) is 0.107. The van der Waals surface area contributed by atoms with Gasteiger partial charge in [-0.25, -0.2) is 9.67 Å². The lowest BCUT2D eigenvalue weighted by atomic mass is 10.1. The molecule has 35 heavy (non-hydrogen) atoms. The highest BCUT2D eigenvalue weighted by Crippen LogP contribution is 2.35. The Balaban J connectivity index is 1.51. The van der Waals surface area contributed by atoms with Gasteiger partial charge in [0.1, 0.15) is 5.69 Å². The second kappa shape index (κ2) is 10.4. The van der Waals surface area contributed by atoms with Gasteiger partial charge < -0.3 is 9.47 Å². The van der Waals surface area contributed by atoms with E-state index in [1.807, 2.05) is 18.5 Å². The number of ether oxygens (including phenoxy) is 2. The average Bonchev–Trinajstić information content (AvgIpc) is 3.34. The van der Waals surface area contributed by atoms with Crippen LogP contribution in [0.2, 0.25) is 5.28 Å². The van der Waals surface area contributed by atoms with Crippen molar-refractivity contribution >= 4 is 28.3 Å². The fraction of sp³-hybridized carbons (Fsp3) is 0.619. The molecule has 1 saturated heterocycles. The van der Waals surface area contributed by atoms with E-state index in [1.54, 1.807) is 0 Å². The minimum absolute atomic E-state index is 0.00803. The molecule has 1 aliphatic heterocycles. The number of aromatic nitrogens is 6. The van der Waals surface area contributed by atoms with Gasteiger partial charge in [-0.2, -0.15) is 23.3 Å². The Morgan fingerprint density at radius 1 is 1.29 bits per heavy atom. The molecule has 0 bridgehead atoms. The molecule has 4 rings (SSSR count). The van der Waals surface area contributed by atoms with E-state index in [0.29, 0.717) is 31.7 Å². The lowest BCUT2D eigenvalue weighted by Crippen LogP contribution is -2.21. The molecule has 0 amide bonds. The van der Waals surface area contributed by atoms with Gasteiger partial charge in [0.05, 0.1) is 18.0 Å². The Bertz CT molecular complexity index is 1210. The third-order valence-corrected chi connectivity index (χ3v) is 5.96. The molecule has 3 aromatic rings. The van der Waals surface area contributed by atoms with E-state index in [-0.39, 0.29) is 47.9 Å². The number of nitroso groups, excluding NO2 is 1. The summed E-state index contributed by atoms with van der Waals surface area (Å²) in [7, 11) is 0. The number of nitrogens with zero attached hydrogens (tertiary/aromatic N) is 7. The first kappa shape index (κ1) is 25.3. The summed E-state index contributed by atoms with van der Waals surface area (Å²) in [5.74, 6) is 0.212. The Hall–Kier alpha value is -2.80. The Labute approximate surface area is 203 Å². The topological polar surface area (TPSA) is 100.0 Å². The van der Waals surface area contributed by atoms with Crippen molar-refractivity contribution in [2.24, 2.45) is 0 Å². The zero-order chi connectivity index (χ0) is 25.2. The average molecular weight is 517 g/mol. The zero-order valence-corrected chi connectivity index (χ0v) is 20.1. The van der Waals surface area contributed by atoms with Crippen LogP contribution in [0, 0.1) is 11.8 Å². The normalized spacial score (nSPS) is 15.1. The van der Waals surface area contributed by atoms with Gasteiger partial charge in [0.2, 0.25) is 5.28 Å². The van der Waals surface area contributed by atoms with Crippen LogP contribution in [0.1, 0.15) is 50.0 Å². The lowest BCUT2D eigenvalue weighted by molar-refractivity contribution is -0.464. The fourth-order valence-corrected chi connectivity index (χ4v) is 4.28. The van der Waals surface area contributed by atoms with Crippen LogP contribution in [0.4, 0.5) is 18.9 Å². The van der Waals surface area contributed by atoms with E-state index in [4.69, 9.17) is 21.1 Å². The predicted octanol–water partition coefficient (Wildman–Crippen LogP) is 4.64. The molecule has 0 atom stereocenters. The summed E-state index contributed by atoms with van der Waals surface area (Å²) < 4.78 is 55.3. The molecule has 0 aromatic carbocycles. The van der Waals surface area contributed by atoms with Crippen LogP contribution in [-0.2, 0) is 17.5 Å². The minimum Gasteiger partial charge on any atom is -0.472 e. The van der Waals surface area contributed by atoms with E-state index in [0.717, 1.165) is 34.2 Å². The zero-order valence-electron chi connectivity index (χ0n) is 19.4. The summed E-state index contributed by atoms with van der Waals surface area (Å²) in [6.45, 7) is 5.47. The van der Waals surface area contributed by atoms with Crippen molar-refractivity contribution in [2.75, 3.05) is 26.4 Å². The Kier molecular flexibility index (Phi) is 7.55. The van der Waals surface area contributed by atoms with Crippen LogP contribution in [0.3, 0.4) is 0 Å². The maximum atomic E-state index is 13.4. The van der Waals surface area contributed by atoms with E-state index >= 15 is 0 Å². The van der Waals surface area contributed by atoms with Gasteiger partial charge in [-0.3, -0.25) is 4.68 Å². The first-order valence-electron chi connectivity index (χ1n) is 11.4. The number of alkyl halides is 3. The first-order valence-corrected chi connectivity index (χ1v) is 11.8. The predicted molar refractivity (Wildman–Crippen MR) is 120 cm³/mol. The smallest absolute Gasteiger partial charge is 0.435 e. The third kappa shape index (κ3) is 5.40. The monoisotopic (exact) mass is 516 g/mol. The van der Waals surface area contributed by atoms with Crippen molar-refractivity contribution < 1.29 is 27.4 Å². The number of hydrogen-bond acceptors (Lipinski definition) is 7. The standard InChI is InChI=1S/C21H26ClF3N7O3/c1-3-7-31(33)16-13(2)32(14-5-10-34-11-6-14)29-19(16)35-9-4-8-30-18-15(12-26-20(22)27-18)17(28-30)21(23,24)25/h12,14H,3-11H2,1-2H3/q+1. The number of fused-ring (bicyclic) bond motifs is 1. The van der Waals surface area contributed by atoms with Crippen LogP contribution in [-0.4, -0.2) is 60.7 Å². The third-order valence-electron chi connectivity index (χ3n) is 5.78. The van der Waals surface area contributed by atoms with Gasteiger partial charge in [-0.1, -0.05) is 6.92 Å². The van der Waals surface area contributed by atoms with Gasteiger partial charge in [0.15, 0.2) is 17.9 Å². The summed E-state index contributed by atoms with van der Waals surface area (Å²) in [5, 5.41) is 7.85. The highest BCUT2D eigenvalue weighted by atomic mass is 35.5. The number of hydrogen-bond donors (Lipinski definition) is 0. The molecular formula is C21H26ClF3N7O3+. The molecule has 1 fully saturated rings. The quantitative estimate of drug-likeness (QED) is 0.232. The van der Waals surface area contributed by atoms with Gasteiger partial charge in [-0.15, -0.1) is 5.10 Å². The van der Waals surface area contributed by atoms with Crippen LogP contribution >= 0.6 is 11.6 Å². The van der Waals surface area contributed by atoms with E-state index < -0.39 is 11.9 Å². The van der Waals surface area contributed by atoms with Crippen LogP contribution < -0.4 is 4.74 Å². The van der Waals surface area contributed by atoms with Crippen molar-refractivity contribution in [3.05, 3.63) is 27.8 Å². The van der Waals surface area contributed by atoms with Gasteiger partial charge >= 0.3 is 17.7 Å². The van der Waals surface area contributed by atoms with Crippen LogP contribution in [0.15, 0.2) is 6.20 Å². The van der Waals surface area contributed by atoms with Crippen molar-refractivity contribution in [2.45, 2.75) is 58.3 Å². The molecule has 0 unspecified atom stereocenters. The molecule has 4 heterocycles. The molecular weight excluding hydrogens is 491 g/mol. The SMILES string of the molecule is CCC[N+](=O)c1c(OCCCn2nc(C(F)(F)F)c3cnc(Cl)nc32)nn(C2CCOCC2)c1C. The number of halogens is 4. The Morgan fingerprint density at radius 3 is 2.71 bits per heavy atom. The van der Waals surface area contributed by atoms with Crippen molar-refractivity contribution in [3.63, 3.8) is 0 Å². The Morgan fingerprint density at radius 2 is 2.03 bits per heavy atom. The molecule has 0 spiro atoms. The molecule has 0 N–H and O–H groups in total. The summed E-state index contributed by atoms with van der Waals surface area (Å²) in [6.07, 6.45) is -1.12. The molecule has 1 aliphatic rings. The largest absolute Gasteiger partial charge is 0.472 e. The summed E-state index contributed by atoms with van der Waals surface area (Å²) in [4.78, 5) is 20.3. The highest BCUT2D eigenvalue weighted by molar-refractivity contribution is 6.28. The van der Waals surface area contributed by atoms with E-state index in [9.17, 15) is 18.1 Å². The number of rotatable bonds is 9. The van der Waals surface area contributed by atoms with Gasteiger partial charge in [-0.05, 0) is 31.4 Å². The highest BCUT2D eigenvalue weighted by Gasteiger charge is 2.37. The maximum Gasteiger partial charge on any atom is 0.435 e. The molecule has 0 saturated carbocycles. The van der Waals surface area contributed by atoms with Gasteiger partial charge in [0.25, 0.3) is 0 Å². The lowest BCUT2D eigenvalue weighted by Gasteiger charge is -2.22. The maximum absolute atomic E-state index is 13.4. The van der Waals surface area contributed by atoms with Crippen molar-refractivity contribution in [1.29, 1.82) is 0 Å². The molecule has 14 heteroatoms. The molecule has 10 nitrogen and oxygen atoms in total. The van der Waals surface area contributed by atoms with Gasteiger partial charge in [0, 0.05) is 48.5 Å². The molecule has 0 aliphatic carbocycles. The van der Waals surface area contributed by atoms with E-state index in [1.165, 1.54) is 0 Å². The molecule has 0 radical (unpaired) electrons.